The summed E-state index contributed by atoms with van der Waals surface area (Å²) in [6.45, 7) is 4.15. The molecular formula is C12H18ClNO3S. The van der Waals surface area contributed by atoms with E-state index in [9.17, 15) is 8.42 Å². The second-order valence-corrected chi connectivity index (χ2v) is 6.44. The predicted molar refractivity (Wildman–Crippen MR) is 74.0 cm³/mol. The molecule has 0 aromatic heterocycles. The van der Waals surface area contributed by atoms with Crippen LogP contribution in [0.1, 0.15) is 16.7 Å². The van der Waals surface area contributed by atoms with Gasteiger partial charge in [0.2, 0.25) is 10.0 Å². The van der Waals surface area contributed by atoms with Crippen molar-refractivity contribution in [3.05, 3.63) is 27.8 Å². The monoisotopic (exact) mass is 291 g/mol. The second-order valence-electron chi connectivity index (χ2n) is 4.23. The fourth-order valence-corrected chi connectivity index (χ4v) is 2.46. The van der Waals surface area contributed by atoms with Crippen molar-refractivity contribution in [1.29, 1.82) is 0 Å². The van der Waals surface area contributed by atoms with Gasteiger partial charge in [-0.3, -0.25) is 0 Å². The van der Waals surface area contributed by atoms with Crippen LogP contribution in [0.15, 0.2) is 6.07 Å². The molecule has 0 radical (unpaired) electrons. The summed E-state index contributed by atoms with van der Waals surface area (Å²) in [5, 5.41) is 0.699. The fraction of sp³-hybridized carbons (Fsp3) is 0.500. The molecule has 1 aromatic rings. The third-order valence-corrected chi connectivity index (χ3v) is 4.04. The van der Waals surface area contributed by atoms with Crippen LogP contribution in [0.25, 0.3) is 0 Å². The van der Waals surface area contributed by atoms with Crippen LogP contribution < -0.4 is 9.46 Å². The molecule has 0 amide bonds. The molecule has 0 bridgehead atoms. The number of hydrogen-bond donors (Lipinski definition) is 1. The average molecular weight is 292 g/mol. The van der Waals surface area contributed by atoms with E-state index < -0.39 is 10.0 Å². The highest BCUT2D eigenvalue weighted by molar-refractivity contribution is 7.88. The predicted octanol–water partition coefficient (Wildman–Crippen LogP) is 2.06. The van der Waals surface area contributed by atoms with Crippen molar-refractivity contribution in [3.8, 4) is 5.75 Å². The van der Waals surface area contributed by atoms with Crippen LogP contribution in [0.3, 0.4) is 0 Å². The highest BCUT2D eigenvalue weighted by atomic mass is 35.5. The highest BCUT2D eigenvalue weighted by Gasteiger charge is 2.13. The first-order valence-electron chi connectivity index (χ1n) is 5.53. The normalized spacial score (nSPS) is 11.6. The van der Waals surface area contributed by atoms with Crippen molar-refractivity contribution in [1.82, 2.24) is 4.72 Å². The minimum absolute atomic E-state index is 0.329. The van der Waals surface area contributed by atoms with Crippen molar-refractivity contribution in [2.24, 2.45) is 0 Å². The Kier molecular flexibility index (Phi) is 5.01. The lowest BCUT2D eigenvalue weighted by Gasteiger charge is -2.15. The van der Waals surface area contributed by atoms with E-state index in [1.54, 1.807) is 7.11 Å². The molecule has 0 atom stereocenters. The van der Waals surface area contributed by atoms with Crippen LogP contribution in [0, 0.1) is 13.8 Å². The molecule has 102 valence electrons. The Morgan fingerprint density at radius 1 is 1.39 bits per heavy atom. The highest BCUT2D eigenvalue weighted by Crippen LogP contribution is 2.31. The van der Waals surface area contributed by atoms with Crippen LogP contribution in [0.5, 0.6) is 5.75 Å². The topological polar surface area (TPSA) is 55.4 Å². The minimum atomic E-state index is -3.17. The average Bonchev–Trinajstić information content (AvgIpc) is 2.27. The molecule has 1 rings (SSSR count). The number of ether oxygens (including phenoxy) is 1. The van der Waals surface area contributed by atoms with E-state index in [0.29, 0.717) is 18.0 Å². The van der Waals surface area contributed by atoms with Crippen molar-refractivity contribution in [3.63, 3.8) is 0 Å². The SMILES string of the molecule is COc1cc(C)c(Cl)c(C)c1CCNS(C)(=O)=O. The van der Waals surface area contributed by atoms with Gasteiger partial charge >= 0.3 is 0 Å². The van der Waals surface area contributed by atoms with Crippen LogP contribution in [-0.4, -0.2) is 28.3 Å². The third kappa shape index (κ3) is 3.86. The van der Waals surface area contributed by atoms with Gasteiger partial charge < -0.3 is 4.74 Å². The maximum atomic E-state index is 11.0. The van der Waals surface area contributed by atoms with Crippen LogP contribution >= 0.6 is 11.6 Å². The van der Waals surface area contributed by atoms with Crippen LogP contribution in [0.4, 0.5) is 0 Å². The number of aryl methyl sites for hydroxylation is 1. The first-order chi connectivity index (χ1) is 8.26. The number of hydrogen-bond acceptors (Lipinski definition) is 3. The molecular weight excluding hydrogens is 274 g/mol. The van der Waals surface area contributed by atoms with Gasteiger partial charge in [-0.2, -0.15) is 0 Å². The van der Waals surface area contributed by atoms with Gasteiger partial charge in [-0.25, -0.2) is 13.1 Å². The summed E-state index contributed by atoms with van der Waals surface area (Å²) in [5.74, 6) is 0.740. The summed E-state index contributed by atoms with van der Waals surface area (Å²) in [7, 11) is -1.58. The standard InChI is InChI=1S/C12H18ClNO3S/c1-8-7-11(17-3)10(9(2)12(8)13)5-6-14-18(4,15)16/h7,14H,5-6H2,1-4H3. The maximum absolute atomic E-state index is 11.0. The van der Waals surface area contributed by atoms with E-state index in [2.05, 4.69) is 4.72 Å². The fourth-order valence-electron chi connectivity index (χ4n) is 1.81. The maximum Gasteiger partial charge on any atom is 0.208 e. The first kappa shape index (κ1) is 15.3. The molecule has 0 saturated carbocycles. The zero-order valence-electron chi connectivity index (χ0n) is 11.0. The summed E-state index contributed by atoms with van der Waals surface area (Å²) >= 11 is 6.19. The second kappa shape index (κ2) is 5.91. The Hall–Kier alpha value is -0.780. The van der Waals surface area contributed by atoms with E-state index in [0.717, 1.165) is 28.7 Å². The molecule has 0 aliphatic heterocycles. The molecule has 4 nitrogen and oxygen atoms in total. The van der Waals surface area contributed by atoms with Crippen molar-refractivity contribution >= 4 is 21.6 Å². The van der Waals surface area contributed by atoms with Gasteiger partial charge in [0.25, 0.3) is 0 Å². The Labute approximate surface area is 113 Å². The van der Waals surface area contributed by atoms with Gasteiger partial charge in [0, 0.05) is 11.6 Å². The lowest BCUT2D eigenvalue weighted by molar-refractivity contribution is 0.408. The number of sulfonamides is 1. The molecule has 0 aliphatic rings. The first-order valence-corrected chi connectivity index (χ1v) is 7.80. The number of halogens is 1. The summed E-state index contributed by atoms with van der Waals surface area (Å²) in [6.07, 6.45) is 1.68. The number of rotatable bonds is 5. The summed E-state index contributed by atoms with van der Waals surface area (Å²) in [4.78, 5) is 0. The van der Waals surface area contributed by atoms with E-state index in [-0.39, 0.29) is 0 Å². The van der Waals surface area contributed by atoms with Gasteiger partial charge in [0.1, 0.15) is 5.75 Å². The molecule has 18 heavy (non-hydrogen) atoms. The van der Waals surface area contributed by atoms with E-state index in [4.69, 9.17) is 16.3 Å². The number of nitrogens with one attached hydrogen (secondary N) is 1. The van der Waals surface area contributed by atoms with Gasteiger partial charge in [-0.05, 0) is 43.0 Å². The van der Waals surface area contributed by atoms with Crippen molar-refractivity contribution in [2.75, 3.05) is 19.9 Å². The molecule has 0 fully saturated rings. The molecule has 0 spiro atoms. The van der Waals surface area contributed by atoms with E-state index in [1.165, 1.54) is 0 Å². The molecule has 0 unspecified atom stereocenters. The van der Waals surface area contributed by atoms with Crippen LogP contribution in [0.2, 0.25) is 5.02 Å². The molecule has 0 heterocycles. The minimum Gasteiger partial charge on any atom is -0.496 e. The Bertz CT molecular complexity index is 541. The zero-order chi connectivity index (χ0) is 13.9. The van der Waals surface area contributed by atoms with E-state index in [1.807, 2.05) is 19.9 Å². The lowest BCUT2D eigenvalue weighted by Crippen LogP contribution is -2.24. The largest absolute Gasteiger partial charge is 0.496 e. The van der Waals surface area contributed by atoms with Crippen molar-refractivity contribution < 1.29 is 13.2 Å². The Morgan fingerprint density at radius 3 is 2.50 bits per heavy atom. The van der Waals surface area contributed by atoms with Crippen molar-refractivity contribution in [2.45, 2.75) is 20.3 Å². The Morgan fingerprint density at radius 2 is 2.00 bits per heavy atom. The smallest absolute Gasteiger partial charge is 0.208 e. The number of methoxy groups -OCH3 is 1. The Balaban J connectivity index is 2.97. The van der Waals surface area contributed by atoms with E-state index >= 15 is 0 Å². The molecule has 0 saturated heterocycles. The van der Waals surface area contributed by atoms with Gasteiger partial charge in [0.05, 0.1) is 13.4 Å². The van der Waals surface area contributed by atoms with Crippen LogP contribution in [-0.2, 0) is 16.4 Å². The lowest BCUT2D eigenvalue weighted by atomic mass is 10.0. The van der Waals surface area contributed by atoms with Gasteiger partial charge in [0.15, 0.2) is 0 Å². The molecule has 1 N–H and O–H groups in total. The summed E-state index contributed by atoms with van der Waals surface area (Å²) in [6, 6.07) is 1.87. The zero-order valence-corrected chi connectivity index (χ0v) is 12.6. The molecule has 0 aliphatic carbocycles. The molecule has 6 heteroatoms. The van der Waals surface area contributed by atoms with Gasteiger partial charge in [-0.1, -0.05) is 11.6 Å². The third-order valence-electron chi connectivity index (χ3n) is 2.73. The van der Waals surface area contributed by atoms with Gasteiger partial charge in [-0.15, -0.1) is 0 Å². The summed E-state index contributed by atoms with van der Waals surface area (Å²) < 4.78 is 29.8. The quantitative estimate of drug-likeness (QED) is 0.903. The molecule has 1 aromatic carbocycles. The number of benzene rings is 1. The summed E-state index contributed by atoms with van der Waals surface area (Å²) in [5.41, 5.74) is 2.82.